The van der Waals surface area contributed by atoms with Gasteiger partial charge in [0.25, 0.3) is 0 Å². The van der Waals surface area contributed by atoms with E-state index in [9.17, 15) is 4.79 Å². The molecule has 1 rings (SSSR count). The van der Waals surface area contributed by atoms with Gasteiger partial charge in [0.15, 0.2) is 0 Å². The van der Waals surface area contributed by atoms with E-state index in [0.717, 1.165) is 12.1 Å². The van der Waals surface area contributed by atoms with Crippen LogP contribution >= 0.6 is 23.7 Å². The molecule has 0 fully saturated rings. The predicted molar refractivity (Wildman–Crippen MR) is 78.2 cm³/mol. The number of nitrogens with zero attached hydrogens (tertiary/aromatic N) is 1. The summed E-state index contributed by atoms with van der Waals surface area (Å²) in [6.45, 7) is 8.49. The molecule has 0 aliphatic heterocycles. The van der Waals surface area contributed by atoms with Gasteiger partial charge in [-0.05, 0) is 12.3 Å². The van der Waals surface area contributed by atoms with E-state index >= 15 is 0 Å². The van der Waals surface area contributed by atoms with Crippen LogP contribution in [-0.4, -0.2) is 23.5 Å². The molecule has 4 nitrogen and oxygen atoms in total. The lowest BCUT2D eigenvalue weighted by Crippen LogP contribution is -2.48. The third-order valence-corrected chi connectivity index (χ3v) is 3.71. The fourth-order valence-electron chi connectivity index (χ4n) is 1.37. The third-order valence-electron chi connectivity index (χ3n) is 2.71. The van der Waals surface area contributed by atoms with E-state index < -0.39 is 6.04 Å². The van der Waals surface area contributed by atoms with E-state index in [1.807, 2.05) is 33.2 Å². The number of carbonyl (C=O) groups excluding carboxylic acids is 1. The van der Waals surface area contributed by atoms with Crippen LogP contribution in [0, 0.1) is 12.3 Å². The van der Waals surface area contributed by atoms with Gasteiger partial charge in [0, 0.05) is 17.8 Å². The summed E-state index contributed by atoms with van der Waals surface area (Å²) in [6, 6.07) is -0.468. The van der Waals surface area contributed by atoms with Gasteiger partial charge in [-0.3, -0.25) is 4.79 Å². The van der Waals surface area contributed by atoms with Crippen molar-refractivity contribution in [1.29, 1.82) is 0 Å². The largest absolute Gasteiger partial charge is 0.354 e. The Kier molecular flexibility index (Phi) is 6.81. The summed E-state index contributed by atoms with van der Waals surface area (Å²) in [7, 11) is 0. The molecular weight excluding hydrogens is 270 g/mol. The predicted octanol–water partition coefficient (Wildman–Crippen LogP) is 1.91. The van der Waals surface area contributed by atoms with E-state index in [1.165, 1.54) is 4.88 Å². The maximum Gasteiger partial charge on any atom is 0.237 e. The lowest BCUT2D eigenvalue weighted by Gasteiger charge is -2.25. The summed E-state index contributed by atoms with van der Waals surface area (Å²) in [6.07, 6.45) is 0.819. The molecule has 3 N–H and O–H groups in total. The molecule has 1 amide bonds. The molecule has 18 heavy (non-hydrogen) atoms. The van der Waals surface area contributed by atoms with Gasteiger partial charge in [0.05, 0.1) is 17.2 Å². The van der Waals surface area contributed by atoms with E-state index in [-0.39, 0.29) is 23.7 Å². The number of nitrogens with one attached hydrogen (secondary N) is 1. The first-order valence-corrected chi connectivity index (χ1v) is 6.62. The van der Waals surface area contributed by atoms with Crippen LogP contribution in [0.4, 0.5) is 0 Å². The van der Waals surface area contributed by atoms with Crippen molar-refractivity contribution in [2.24, 2.45) is 11.1 Å². The smallest absolute Gasteiger partial charge is 0.237 e. The van der Waals surface area contributed by atoms with Crippen LogP contribution in [0.5, 0.6) is 0 Å². The molecule has 0 aliphatic carbocycles. The molecule has 0 spiro atoms. The van der Waals surface area contributed by atoms with Gasteiger partial charge in [-0.25, -0.2) is 4.98 Å². The minimum absolute atomic E-state index is 0. The lowest BCUT2D eigenvalue weighted by atomic mass is 9.87. The van der Waals surface area contributed by atoms with Crippen LogP contribution in [0.3, 0.4) is 0 Å². The Hall–Kier alpha value is -0.650. The molecule has 1 aromatic heterocycles. The highest BCUT2D eigenvalue weighted by molar-refractivity contribution is 7.09. The Morgan fingerprint density at radius 2 is 2.17 bits per heavy atom. The molecule has 0 unspecified atom stereocenters. The zero-order chi connectivity index (χ0) is 13.1. The van der Waals surface area contributed by atoms with Gasteiger partial charge in [-0.1, -0.05) is 20.8 Å². The third kappa shape index (κ3) is 4.92. The monoisotopic (exact) mass is 291 g/mol. The number of halogens is 1. The molecule has 104 valence electrons. The van der Waals surface area contributed by atoms with Gasteiger partial charge < -0.3 is 11.1 Å². The van der Waals surface area contributed by atoms with Gasteiger partial charge in [-0.2, -0.15) is 0 Å². The summed E-state index contributed by atoms with van der Waals surface area (Å²) in [4.78, 5) is 17.1. The highest BCUT2D eigenvalue weighted by atomic mass is 35.5. The molecule has 0 saturated heterocycles. The molecule has 1 heterocycles. The molecule has 0 bridgehead atoms. The minimum Gasteiger partial charge on any atom is -0.354 e. The maximum atomic E-state index is 11.8. The Morgan fingerprint density at radius 3 is 2.61 bits per heavy atom. The second-order valence-corrected chi connectivity index (χ2v) is 6.18. The molecule has 6 heteroatoms. The van der Waals surface area contributed by atoms with Crippen LogP contribution in [-0.2, 0) is 11.2 Å². The number of hydrogen-bond donors (Lipinski definition) is 2. The summed E-state index contributed by atoms with van der Waals surface area (Å²) < 4.78 is 0. The highest BCUT2D eigenvalue weighted by Gasteiger charge is 2.26. The maximum absolute atomic E-state index is 11.8. The number of hydrogen-bond acceptors (Lipinski definition) is 4. The van der Waals surface area contributed by atoms with Gasteiger partial charge in [0.2, 0.25) is 5.91 Å². The van der Waals surface area contributed by atoms with Crippen molar-refractivity contribution in [3.05, 3.63) is 16.1 Å². The Morgan fingerprint density at radius 1 is 1.56 bits per heavy atom. The van der Waals surface area contributed by atoms with Gasteiger partial charge >= 0.3 is 0 Å². The molecular formula is C12H22ClN3OS. The van der Waals surface area contributed by atoms with Crippen molar-refractivity contribution >= 4 is 29.7 Å². The van der Waals surface area contributed by atoms with Gasteiger partial charge in [0.1, 0.15) is 0 Å². The van der Waals surface area contributed by atoms with Crippen molar-refractivity contribution in [3.63, 3.8) is 0 Å². The standard InChI is InChI=1S/C12H21N3OS.ClH/c1-8-9(17-7-15-8)5-6-14-11(16)10(13)12(2,3)4;/h7,10H,5-6,13H2,1-4H3,(H,14,16);1H/t10-;/m1./s1. The van der Waals surface area contributed by atoms with Gasteiger partial charge in [-0.15, -0.1) is 23.7 Å². The lowest BCUT2D eigenvalue weighted by molar-refractivity contribution is -0.124. The summed E-state index contributed by atoms with van der Waals surface area (Å²) in [5.74, 6) is -0.0836. The quantitative estimate of drug-likeness (QED) is 0.890. The van der Waals surface area contributed by atoms with Crippen molar-refractivity contribution in [1.82, 2.24) is 10.3 Å². The average molecular weight is 292 g/mol. The molecule has 0 saturated carbocycles. The summed E-state index contributed by atoms with van der Waals surface area (Å²) in [5, 5.41) is 2.87. The number of nitrogens with two attached hydrogens (primary N) is 1. The van der Waals surface area contributed by atoms with E-state index in [1.54, 1.807) is 11.3 Å². The number of thiazole rings is 1. The number of amides is 1. The number of rotatable bonds is 4. The fourth-order valence-corrected chi connectivity index (χ4v) is 2.15. The van der Waals surface area contributed by atoms with Crippen LogP contribution in [0.1, 0.15) is 31.3 Å². The number of aromatic nitrogens is 1. The minimum atomic E-state index is -0.468. The highest BCUT2D eigenvalue weighted by Crippen LogP contribution is 2.17. The zero-order valence-electron chi connectivity index (χ0n) is 11.3. The molecule has 1 aromatic rings. The van der Waals surface area contributed by atoms with Crippen LogP contribution in [0.2, 0.25) is 0 Å². The second-order valence-electron chi connectivity index (χ2n) is 5.25. The van der Waals surface area contributed by atoms with Crippen LogP contribution < -0.4 is 11.1 Å². The summed E-state index contributed by atoms with van der Waals surface area (Å²) in [5.41, 5.74) is 8.53. The Bertz CT molecular complexity index is 387. The molecule has 0 aliphatic rings. The normalized spacial score (nSPS) is 12.7. The van der Waals surface area contributed by atoms with Crippen LogP contribution in [0.15, 0.2) is 5.51 Å². The molecule has 1 atom stereocenters. The second kappa shape index (κ2) is 7.07. The molecule has 0 aromatic carbocycles. The summed E-state index contributed by atoms with van der Waals surface area (Å²) >= 11 is 1.62. The van der Waals surface area contributed by atoms with Crippen LogP contribution in [0.25, 0.3) is 0 Å². The van der Waals surface area contributed by atoms with E-state index in [0.29, 0.717) is 6.54 Å². The van der Waals surface area contributed by atoms with E-state index in [2.05, 4.69) is 10.3 Å². The zero-order valence-corrected chi connectivity index (χ0v) is 13.0. The fraction of sp³-hybridized carbons (Fsp3) is 0.667. The number of carbonyl (C=O) groups is 1. The first-order chi connectivity index (χ1) is 7.82. The van der Waals surface area contributed by atoms with Crippen molar-refractivity contribution in [2.45, 2.75) is 40.2 Å². The van der Waals surface area contributed by atoms with Crippen molar-refractivity contribution in [3.8, 4) is 0 Å². The first-order valence-electron chi connectivity index (χ1n) is 5.74. The Labute approximate surface area is 119 Å². The van der Waals surface area contributed by atoms with Crippen molar-refractivity contribution in [2.75, 3.05) is 6.54 Å². The molecule has 0 radical (unpaired) electrons. The first kappa shape index (κ1) is 17.4. The number of aryl methyl sites for hydroxylation is 1. The Balaban J connectivity index is 0.00000289. The van der Waals surface area contributed by atoms with E-state index in [4.69, 9.17) is 5.73 Å². The topological polar surface area (TPSA) is 68.0 Å². The van der Waals surface area contributed by atoms with Crippen molar-refractivity contribution < 1.29 is 4.79 Å². The SMILES string of the molecule is Cc1ncsc1CCNC(=O)[C@@H](N)C(C)(C)C.Cl. The average Bonchev–Trinajstić information content (AvgIpc) is 2.62.